The zero-order valence-corrected chi connectivity index (χ0v) is 33.2. The van der Waals surface area contributed by atoms with Crippen molar-refractivity contribution in [3.63, 3.8) is 0 Å². The number of aromatic nitrogens is 3. The van der Waals surface area contributed by atoms with Crippen LogP contribution in [0.3, 0.4) is 0 Å². The maximum atomic E-state index is 5.03. The van der Waals surface area contributed by atoms with E-state index in [0.717, 1.165) is 55.5 Å². The summed E-state index contributed by atoms with van der Waals surface area (Å²) in [6, 6.07) is 18.0. The quantitative estimate of drug-likeness (QED) is 0.0811. The van der Waals surface area contributed by atoms with Crippen molar-refractivity contribution < 1.29 is 0 Å². The summed E-state index contributed by atoms with van der Waals surface area (Å²) in [5.74, 6) is 1.82. The number of unbranched alkanes of at least 4 members (excludes halogenated alkanes) is 6. The van der Waals surface area contributed by atoms with Crippen molar-refractivity contribution in [2.45, 2.75) is 164 Å². The largest absolute Gasteiger partial charge is 0.324 e. The van der Waals surface area contributed by atoms with Crippen molar-refractivity contribution in [3.05, 3.63) is 87.5 Å². The first kappa shape index (κ1) is 40.0. The van der Waals surface area contributed by atoms with Gasteiger partial charge in [-0.15, -0.1) is 0 Å². The summed E-state index contributed by atoms with van der Waals surface area (Å²) in [6.45, 7) is 15.9. The van der Waals surface area contributed by atoms with Gasteiger partial charge in [0, 0.05) is 16.9 Å². The van der Waals surface area contributed by atoms with E-state index in [1.807, 2.05) is 0 Å². The molecule has 0 bridgehead atoms. The summed E-state index contributed by atoms with van der Waals surface area (Å²) in [4.78, 5) is 15.1. The van der Waals surface area contributed by atoms with Crippen LogP contribution < -0.4 is 10.6 Å². The summed E-state index contributed by atoms with van der Waals surface area (Å²) in [7, 11) is 0. The monoisotopic (exact) mass is 690 g/mol. The van der Waals surface area contributed by atoms with E-state index in [2.05, 4.69) is 108 Å². The van der Waals surface area contributed by atoms with Crippen molar-refractivity contribution in [3.8, 4) is 11.4 Å². The van der Waals surface area contributed by atoms with E-state index in [0.29, 0.717) is 17.7 Å². The molecule has 276 valence electrons. The third-order valence-electron chi connectivity index (χ3n) is 10.1. The molecule has 3 aromatic carbocycles. The molecule has 51 heavy (non-hydrogen) atoms. The predicted octanol–water partition coefficient (Wildman–Crippen LogP) is 13.4. The minimum Gasteiger partial charge on any atom is -0.324 e. The molecule has 0 saturated heterocycles. The second-order valence-electron chi connectivity index (χ2n) is 14.6. The van der Waals surface area contributed by atoms with Gasteiger partial charge in [0.1, 0.15) is 0 Å². The summed E-state index contributed by atoms with van der Waals surface area (Å²) in [6.07, 6.45) is 21.2. The van der Waals surface area contributed by atoms with Gasteiger partial charge in [-0.3, -0.25) is 0 Å². The van der Waals surface area contributed by atoms with Gasteiger partial charge in [0.15, 0.2) is 5.82 Å². The Bertz CT molecular complexity index is 1470. The van der Waals surface area contributed by atoms with Crippen molar-refractivity contribution in [2.24, 2.45) is 0 Å². The Hall–Kier alpha value is -3.73. The molecule has 4 rings (SSSR count). The minimum absolute atomic E-state index is 0.573. The number of aryl methyl sites for hydroxylation is 5. The Kier molecular flexibility index (Phi) is 17.0. The smallest absolute Gasteiger partial charge is 0.232 e. The number of benzene rings is 3. The normalized spacial score (nSPS) is 11.3. The van der Waals surface area contributed by atoms with Gasteiger partial charge in [0.05, 0.1) is 0 Å². The Morgan fingerprint density at radius 2 is 0.765 bits per heavy atom. The van der Waals surface area contributed by atoms with Crippen LogP contribution >= 0.6 is 0 Å². The van der Waals surface area contributed by atoms with Crippen LogP contribution in [-0.4, -0.2) is 15.0 Å². The molecule has 1 heterocycles. The molecule has 0 atom stereocenters. The molecule has 0 amide bonds. The number of nitrogens with one attached hydrogen (secondary N) is 2. The van der Waals surface area contributed by atoms with Crippen LogP contribution in [0.1, 0.15) is 158 Å². The fraction of sp³-hybridized carbons (Fsp3) is 0.543. The van der Waals surface area contributed by atoms with E-state index >= 15 is 0 Å². The molecule has 5 nitrogen and oxygen atoms in total. The zero-order chi connectivity index (χ0) is 36.4. The summed E-state index contributed by atoms with van der Waals surface area (Å²) < 4.78 is 0. The lowest BCUT2D eigenvalue weighted by Gasteiger charge is -2.19. The van der Waals surface area contributed by atoms with Gasteiger partial charge < -0.3 is 10.6 Å². The predicted molar refractivity (Wildman–Crippen MR) is 221 cm³/mol. The third-order valence-corrected chi connectivity index (χ3v) is 10.1. The van der Waals surface area contributed by atoms with E-state index in [4.69, 9.17) is 15.0 Å². The molecule has 0 fully saturated rings. The average Bonchev–Trinajstić information content (AvgIpc) is 3.13. The lowest BCUT2D eigenvalue weighted by molar-refractivity contribution is 0.735. The van der Waals surface area contributed by atoms with E-state index in [9.17, 15) is 0 Å². The number of anilines is 4. The van der Waals surface area contributed by atoms with Gasteiger partial charge in [-0.2, -0.15) is 15.0 Å². The highest BCUT2D eigenvalue weighted by molar-refractivity contribution is 5.66. The first-order valence-electron chi connectivity index (χ1n) is 20.6. The van der Waals surface area contributed by atoms with Crippen LogP contribution in [0.2, 0.25) is 0 Å². The van der Waals surface area contributed by atoms with Gasteiger partial charge >= 0.3 is 0 Å². The van der Waals surface area contributed by atoms with Crippen molar-refractivity contribution in [1.82, 2.24) is 15.0 Å². The molecule has 5 heteroatoms. The fourth-order valence-electron chi connectivity index (χ4n) is 7.03. The molecule has 0 unspecified atom stereocenters. The van der Waals surface area contributed by atoms with Gasteiger partial charge in [-0.1, -0.05) is 110 Å². The van der Waals surface area contributed by atoms with Crippen LogP contribution in [0.4, 0.5) is 23.3 Å². The van der Waals surface area contributed by atoms with Crippen LogP contribution in [0.5, 0.6) is 0 Å². The zero-order valence-electron chi connectivity index (χ0n) is 33.2. The third kappa shape index (κ3) is 12.2. The molecule has 0 saturated carbocycles. The van der Waals surface area contributed by atoms with E-state index in [1.54, 1.807) is 11.1 Å². The number of hydrogen-bond donors (Lipinski definition) is 2. The first-order chi connectivity index (χ1) is 24.9. The number of nitrogens with zero attached hydrogens (tertiary/aromatic N) is 3. The van der Waals surface area contributed by atoms with Gasteiger partial charge in [-0.25, -0.2) is 0 Å². The highest BCUT2D eigenvalue weighted by Crippen LogP contribution is 2.31. The van der Waals surface area contributed by atoms with Gasteiger partial charge in [-0.05, 0) is 142 Å². The van der Waals surface area contributed by atoms with Crippen molar-refractivity contribution in [2.75, 3.05) is 10.6 Å². The van der Waals surface area contributed by atoms with Crippen LogP contribution in [0.15, 0.2) is 48.5 Å². The van der Waals surface area contributed by atoms with Crippen LogP contribution in [-0.2, 0) is 38.5 Å². The first-order valence-corrected chi connectivity index (χ1v) is 20.6. The van der Waals surface area contributed by atoms with Crippen LogP contribution in [0.25, 0.3) is 11.4 Å². The average molecular weight is 690 g/mol. The Morgan fingerprint density at radius 1 is 0.431 bits per heavy atom. The van der Waals surface area contributed by atoms with Gasteiger partial charge in [0.2, 0.25) is 11.9 Å². The number of rotatable bonds is 23. The Balaban J connectivity index is 1.80. The van der Waals surface area contributed by atoms with E-state index in [1.165, 1.54) is 105 Å². The van der Waals surface area contributed by atoms with E-state index < -0.39 is 0 Å². The molecule has 0 radical (unpaired) electrons. The Morgan fingerprint density at radius 3 is 1.10 bits per heavy atom. The molecule has 0 aliphatic carbocycles. The molecular weight excluding hydrogens is 623 g/mol. The summed E-state index contributed by atoms with van der Waals surface area (Å²) in [5, 5.41) is 7.35. The lowest BCUT2D eigenvalue weighted by Crippen LogP contribution is -2.09. The van der Waals surface area contributed by atoms with Crippen LogP contribution in [0, 0.1) is 6.92 Å². The minimum atomic E-state index is 0.573. The molecular formula is C46H67N5. The highest BCUT2D eigenvalue weighted by atomic mass is 15.2. The maximum Gasteiger partial charge on any atom is 0.232 e. The molecule has 0 aliphatic rings. The topological polar surface area (TPSA) is 62.7 Å². The molecule has 0 spiro atoms. The molecule has 0 aliphatic heterocycles. The molecule has 4 aromatic rings. The number of hydrogen-bond acceptors (Lipinski definition) is 5. The van der Waals surface area contributed by atoms with Crippen molar-refractivity contribution >= 4 is 23.3 Å². The second-order valence-corrected chi connectivity index (χ2v) is 14.6. The maximum absolute atomic E-state index is 5.03. The Labute approximate surface area is 310 Å². The lowest BCUT2D eigenvalue weighted by atomic mass is 9.90. The molecule has 2 N–H and O–H groups in total. The molecule has 1 aromatic heterocycles. The van der Waals surface area contributed by atoms with Gasteiger partial charge in [0.25, 0.3) is 0 Å². The summed E-state index contributed by atoms with van der Waals surface area (Å²) in [5.41, 5.74) is 13.4. The fourth-order valence-corrected chi connectivity index (χ4v) is 7.03. The van der Waals surface area contributed by atoms with Crippen molar-refractivity contribution in [1.29, 1.82) is 0 Å². The standard InChI is InChI=1S/C46H67N5/c1-8-14-20-36-30-40(31-37(21-15-9-2)42(36)24-18-12-5)47-45-49-44(35-28-26-34(7)27-29-35)50-46(51-45)48-41-32-38(22-16-10-3)43(25-19-13-6)39(33-41)23-17-11-4/h26-33H,8-25H2,1-7H3,(H2,47,48,49,50,51). The summed E-state index contributed by atoms with van der Waals surface area (Å²) >= 11 is 0. The van der Waals surface area contributed by atoms with E-state index in [-0.39, 0.29) is 0 Å². The second kappa shape index (κ2) is 21.6. The SMILES string of the molecule is CCCCc1cc(Nc2nc(Nc3cc(CCCC)c(CCCC)c(CCCC)c3)nc(-c3ccc(C)cc3)n2)cc(CCCC)c1CCCC. The highest BCUT2D eigenvalue weighted by Gasteiger charge is 2.16.